The molecule has 1 amide bonds. The Bertz CT molecular complexity index is 1430. The number of hydrogen-bond donors (Lipinski definition) is 3. The maximum absolute atomic E-state index is 14.0. The number of aliphatic imine (C=N–C) groups is 2. The fraction of sp³-hybridized carbons (Fsp3) is 0.276. The molecule has 0 bridgehead atoms. The number of benzodiazepines with no additional fused rings is 1. The average molecular weight is 548 g/mol. The number of amides is 1. The Morgan fingerprint density at radius 3 is 2.60 bits per heavy atom. The van der Waals surface area contributed by atoms with Gasteiger partial charge in [0.2, 0.25) is 12.1 Å². The lowest BCUT2D eigenvalue weighted by molar-refractivity contribution is -0.117. The number of nitrogens with two attached hydrogens (primary N) is 1. The fourth-order valence-corrected chi connectivity index (χ4v) is 4.44. The van der Waals surface area contributed by atoms with Gasteiger partial charge in [-0.15, -0.1) is 0 Å². The van der Waals surface area contributed by atoms with Crippen molar-refractivity contribution in [2.24, 2.45) is 15.7 Å². The van der Waals surface area contributed by atoms with Gasteiger partial charge in [0.1, 0.15) is 5.82 Å². The predicted molar refractivity (Wildman–Crippen MR) is 152 cm³/mol. The van der Waals surface area contributed by atoms with E-state index in [9.17, 15) is 13.6 Å². The first kappa shape index (κ1) is 28.3. The normalized spacial score (nSPS) is 18.2. The number of carbonyl (C=O) groups excluding carboxylic acids is 1. The first-order valence-electron chi connectivity index (χ1n) is 13.0. The van der Waals surface area contributed by atoms with E-state index in [4.69, 9.17) is 15.9 Å². The van der Waals surface area contributed by atoms with Crippen LogP contribution in [0, 0.1) is 5.41 Å². The van der Waals surface area contributed by atoms with Crippen LogP contribution in [0.4, 0.5) is 20.3 Å². The molecule has 2 aliphatic rings. The van der Waals surface area contributed by atoms with Gasteiger partial charge < -0.3 is 20.7 Å². The molecule has 0 spiro atoms. The molecule has 0 aliphatic carbocycles. The lowest BCUT2D eigenvalue weighted by Crippen LogP contribution is -2.43. The second-order valence-electron chi connectivity index (χ2n) is 8.91. The van der Waals surface area contributed by atoms with Gasteiger partial charge in [-0.3, -0.25) is 10.2 Å². The second kappa shape index (κ2) is 12.5. The Labute approximate surface area is 231 Å². The molecule has 3 aromatic rings. The van der Waals surface area contributed by atoms with E-state index in [1.807, 2.05) is 56.3 Å². The molecule has 1 fully saturated rings. The standard InChI is InChI=1S/C27H25F2N7O2.C2H6/c28-27(29)13-7-15-36(16-27)24-19(11-6-14-32-24)22(30)38-26(31)35-23-25(37)33-20-12-5-4-10-18(20)21(34-23)17-8-2-1-3-9-17;1-2/h1-6,8-12,14,23,30H,7,13,15-16H2,(H2,31,35)(H,33,37);1-2H3. The number of para-hydroxylation sites is 1. The van der Waals surface area contributed by atoms with Gasteiger partial charge >= 0.3 is 0 Å². The summed E-state index contributed by atoms with van der Waals surface area (Å²) in [4.78, 5) is 27.3. The van der Waals surface area contributed by atoms with Crippen LogP contribution in [0.3, 0.4) is 0 Å². The van der Waals surface area contributed by atoms with Crippen molar-refractivity contribution < 1.29 is 18.3 Å². The molecule has 5 rings (SSSR count). The van der Waals surface area contributed by atoms with Gasteiger partial charge in [0.25, 0.3) is 17.9 Å². The zero-order valence-electron chi connectivity index (χ0n) is 22.3. The highest BCUT2D eigenvalue weighted by Gasteiger charge is 2.36. The molecule has 0 saturated carbocycles. The zero-order chi connectivity index (χ0) is 28.7. The predicted octanol–water partition coefficient (Wildman–Crippen LogP) is 4.82. The van der Waals surface area contributed by atoms with Crippen LogP contribution in [0.5, 0.6) is 0 Å². The SMILES string of the molecule is CC.N=C(O/C(N)=N/C1N=C(c2ccccc2)c2ccccc2NC1=O)c1cccnc1N1CCCC(F)(F)C1. The third-order valence-electron chi connectivity index (χ3n) is 6.15. The van der Waals surface area contributed by atoms with E-state index in [2.05, 4.69) is 20.3 Å². The van der Waals surface area contributed by atoms with Gasteiger partial charge in [-0.1, -0.05) is 62.4 Å². The number of alkyl halides is 2. The van der Waals surface area contributed by atoms with E-state index in [-0.39, 0.29) is 17.8 Å². The third kappa shape index (κ3) is 6.48. The highest BCUT2D eigenvalue weighted by molar-refractivity contribution is 6.19. The first-order valence-corrected chi connectivity index (χ1v) is 13.0. The molecular formula is C29H31F2N7O2. The van der Waals surface area contributed by atoms with Gasteiger partial charge in [0.05, 0.1) is 23.5 Å². The summed E-state index contributed by atoms with van der Waals surface area (Å²) in [5, 5.41) is 11.2. The van der Waals surface area contributed by atoms with Crippen LogP contribution in [-0.4, -0.2) is 53.7 Å². The number of piperidine rings is 1. The number of halogens is 2. The van der Waals surface area contributed by atoms with Crippen LogP contribution < -0.4 is 16.0 Å². The number of aromatic nitrogens is 1. The van der Waals surface area contributed by atoms with Crippen molar-refractivity contribution in [1.29, 1.82) is 5.41 Å². The Kier molecular flexibility index (Phi) is 8.83. The Morgan fingerprint density at radius 2 is 1.85 bits per heavy atom. The van der Waals surface area contributed by atoms with Crippen molar-refractivity contribution in [3.63, 3.8) is 0 Å². The number of fused-ring (bicyclic) bond motifs is 1. The molecule has 2 aromatic carbocycles. The highest BCUT2D eigenvalue weighted by atomic mass is 19.3. The Balaban J connectivity index is 0.00000181. The van der Waals surface area contributed by atoms with Crippen molar-refractivity contribution in [2.45, 2.75) is 38.8 Å². The van der Waals surface area contributed by atoms with Gasteiger partial charge in [0, 0.05) is 30.3 Å². The molecule has 1 aromatic heterocycles. The molecule has 208 valence electrons. The molecule has 40 heavy (non-hydrogen) atoms. The minimum absolute atomic E-state index is 0.176. The lowest BCUT2D eigenvalue weighted by atomic mass is 10.0. The maximum Gasteiger partial charge on any atom is 0.291 e. The summed E-state index contributed by atoms with van der Waals surface area (Å²) < 4.78 is 33.5. The van der Waals surface area contributed by atoms with Gasteiger partial charge in [0.15, 0.2) is 0 Å². The van der Waals surface area contributed by atoms with E-state index in [1.54, 1.807) is 18.2 Å². The van der Waals surface area contributed by atoms with Crippen LogP contribution in [-0.2, 0) is 9.53 Å². The van der Waals surface area contributed by atoms with Crippen LogP contribution in [0.1, 0.15) is 43.4 Å². The van der Waals surface area contributed by atoms with Crippen LogP contribution >= 0.6 is 0 Å². The minimum Gasteiger partial charge on any atom is -0.407 e. The number of hydrogen-bond acceptors (Lipinski definition) is 7. The van der Waals surface area contributed by atoms with Crippen LogP contribution in [0.25, 0.3) is 0 Å². The number of carbonyl (C=O) groups is 1. The number of anilines is 2. The highest BCUT2D eigenvalue weighted by Crippen LogP contribution is 2.31. The van der Waals surface area contributed by atoms with E-state index in [0.717, 1.165) is 11.1 Å². The van der Waals surface area contributed by atoms with Crippen LogP contribution in [0.2, 0.25) is 0 Å². The summed E-state index contributed by atoms with van der Waals surface area (Å²) in [5.41, 5.74) is 8.78. The largest absolute Gasteiger partial charge is 0.407 e. The molecule has 1 atom stereocenters. The van der Waals surface area contributed by atoms with E-state index in [0.29, 0.717) is 24.4 Å². The summed E-state index contributed by atoms with van der Waals surface area (Å²) in [5.74, 6) is -3.63. The van der Waals surface area contributed by atoms with Gasteiger partial charge in [-0.25, -0.2) is 18.8 Å². The number of nitrogens with one attached hydrogen (secondary N) is 2. The Hall–Kier alpha value is -4.67. The first-order chi connectivity index (χ1) is 19.3. The monoisotopic (exact) mass is 547 g/mol. The minimum atomic E-state index is -2.85. The number of ether oxygens (including phenoxy) is 1. The quantitative estimate of drug-likeness (QED) is 0.319. The number of nitrogens with zero attached hydrogens (tertiary/aromatic N) is 4. The fourth-order valence-electron chi connectivity index (χ4n) is 4.44. The second-order valence-corrected chi connectivity index (χ2v) is 8.91. The van der Waals surface area contributed by atoms with Crippen molar-refractivity contribution in [1.82, 2.24) is 4.98 Å². The van der Waals surface area contributed by atoms with E-state index < -0.39 is 36.5 Å². The smallest absolute Gasteiger partial charge is 0.291 e. The third-order valence-corrected chi connectivity index (χ3v) is 6.15. The summed E-state index contributed by atoms with van der Waals surface area (Å²) in [7, 11) is 0. The average Bonchev–Trinajstić information content (AvgIpc) is 3.10. The molecule has 0 radical (unpaired) electrons. The molecule has 2 aliphatic heterocycles. The van der Waals surface area contributed by atoms with Crippen LogP contribution in [0.15, 0.2) is 82.9 Å². The summed E-state index contributed by atoms with van der Waals surface area (Å²) in [6, 6.07) is 19.2. The molecule has 9 nitrogen and oxygen atoms in total. The maximum atomic E-state index is 14.0. The lowest BCUT2D eigenvalue weighted by Gasteiger charge is -2.34. The molecule has 3 heterocycles. The molecule has 1 unspecified atom stereocenters. The molecule has 4 N–H and O–H groups in total. The number of pyridine rings is 1. The zero-order valence-corrected chi connectivity index (χ0v) is 22.3. The van der Waals surface area contributed by atoms with Crippen molar-refractivity contribution in [3.8, 4) is 0 Å². The summed E-state index contributed by atoms with van der Waals surface area (Å²) in [6.07, 6.45) is 0.267. The van der Waals surface area contributed by atoms with Gasteiger partial charge in [-0.05, 0) is 24.6 Å². The van der Waals surface area contributed by atoms with Gasteiger partial charge in [-0.2, -0.15) is 4.99 Å². The van der Waals surface area contributed by atoms with Crippen molar-refractivity contribution in [2.75, 3.05) is 23.3 Å². The topological polar surface area (TPSA) is 129 Å². The molecular weight excluding hydrogens is 516 g/mol. The molecule has 1 saturated heterocycles. The van der Waals surface area contributed by atoms with Crippen molar-refractivity contribution >= 4 is 35.0 Å². The van der Waals surface area contributed by atoms with E-state index >= 15 is 0 Å². The Morgan fingerprint density at radius 1 is 1.12 bits per heavy atom. The number of amidine groups is 1. The van der Waals surface area contributed by atoms with Crippen molar-refractivity contribution in [3.05, 3.63) is 89.6 Å². The number of rotatable bonds is 4. The number of benzene rings is 2. The van der Waals surface area contributed by atoms with E-state index in [1.165, 1.54) is 17.2 Å². The molecule has 11 heteroatoms. The summed E-state index contributed by atoms with van der Waals surface area (Å²) >= 11 is 0. The summed E-state index contributed by atoms with van der Waals surface area (Å²) in [6.45, 7) is 3.86.